The number of carbonyl (C=O) groups is 2. The average molecular weight is 331 g/mol. The van der Waals surface area contributed by atoms with E-state index in [4.69, 9.17) is 9.84 Å². The molecule has 0 spiro atoms. The number of carboxylic acids is 1. The number of hydrogen-bond donors (Lipinski definition) is 3. The highest BCUT2D eigenvalue weighted by molar-refractivity contribution is 9.10. The Morgan fingerprint density at radius 2 is 2.16 bits per heavy atom. The summed E-state index contributed by atoms with van der Waals surface area (Å²) in [5.74, 6) is -1.02. The minimum atomic E-state index is -1.02. The molecule has 104 valence electrons. The molecule has 19 heavy (non-hydrogen) atoms. The summed E-state index contributed by atoms with van der Waals surface area (Å²) >= 11 is 3.21. The Balaban J connectivity index is 2.52. The molecule has 0 fully saturated rings. The molecule has 7 heteroatoms. The number of hydrogen-bond acceptors (Lipinski definition) is 3. The molecule has 0 aliphatic rings. The van der Waals surface area contributed by atoms with Crippen LogP contribution >= 0.6 is 15.9 Å². The van der Waals surface area contributed by atoms with Crippen LogP contribution in [0.5, 0.6) is 0 Å². The van der Waals surface area contributed by atoms with Crippen LogP contribution in [0.25, 0.3) is 0 Å². The fraction of sp³-hybridized carbons (Fsp3) is 0.333. The van der Waals surface area contributed by atoms with Gasteiger partial charge in [-0.05, 0) is 41.1 Å². The van der Waals surface area contributed by atoms with E-state index in [0.29, 0.717) is 29.9 Å². The van der Waals surface area contributed by atoms with Crippen molar-refractivity contribution >= 4 is 33.6 Å². The van der Waals surface area contributed by atoms with Crippen LogP contribution in [0, 0.1) is 0 Å². The smallest absolute Gasteiger partial charge is 0.335 e. The Hall–Kier alpha value is -1.60. The lowest BCUT2D eigenvalue weighted by molar-refractivity contribution is 0.0697. The van der Waals surface area contributed by atoms with Gasteiger partial charge in [0.1, 0.15) is 0 Å². The van der Waals surface area contributed by atoms with Crippen LogP contribution in [-0.2, 0) is 4.74 Å². The first-order chi connectivity index (χ1) is 9.04. The van der Waals surface area contributed by atoms with E-state index in [-0.39, 0.29) is 11.6 Å². The SMILES string of the molecule is CCOCCNC(=O)Nc1ccc(C(=O)O)cc1Br. The fourth-order valence-electron chi connectivity index (χ4n) is 1.30. The van der Waals surface area contributed by atoms with E-state index in [0.717, 1.165) is 0 Å². The standard InChI is InChI=1S/C12H15BrN2O4/c1-2-19-6-5-14-12(18)15-10-4-3-8(11(16)17)7-9(10)13/h3-4,7H,2,5-6H2,1H3,(H,16,17)(H2,14,15,18). The number of ether oxygens (including phenoxy) is 1. The topological polar surface area (TPSA) is 87.7 Å². The fourth-order valence-corrected chi connectivity index (χ4v) is 1.78. The summed E-state index contributed by atoms with van der Waals surface area (Å²) in [4.78, 5) is 22.3. The third kappa shape index (κ3) is 5.27. The van der Waals surface area contributed by atoms with Gasteiger partial charge in [0.2, 0.25) is 0 Å². The van der Waals surface area contributed by atoms with E-state index >= 15 is 0 Å². The molecule has 2 amide bonds. The Labute approximate surface area is 119 Å². The molecule has 0 aliphatic carbocycles. The van der Waals surface area contributed by atoms with Gasteiger partial charge in [0.25, 0.3) is 0 Å². The van der Waals surface area contributed by atoms with Gasteiger partial charge in [-0.2, -0.15) is 0 Å². The van der Waals surface area contributed by atoms with Crippen molar-refractivity contribution in [2.45, 2.75) is 6.92 Å². The Kier molecular flexibility index (Phi) is 6.31. The maximum absolute atomic E-state index is 11.5. The molecule has 0 atom stereocenters. The van der Waals surface area contributed by atoms with Gasteiger partial charge in [0.05, 0.1) is 17.9 Å². The van der Waals surface area contributed by atoms with Gasteiger partial charge in [0.15, 0.2) is 0 Å². The lowest BCUT2D eigenvalue weighted by Gasteiger charge is -2.09. The first-order valence-electron chi connectivity index (χ1n) is 5.70. The molecule has 0 aromatic heterocycles. The Morgan fingerprint density at radius 3 is 2.74 bits per heavy atom. The molecule has 0 heterocycles. The van der Waals surface area contributed by atoms with Crippen molar-refractivity contribution in [3.63, 3.8) is 0 Å². The highest BCUT2D eigenvalue weighted by Crippen LogP contribution is 2.23. The van der Waals surface area contributed by atoms with Crippen LogP contribution < -0.4 is 10.6 Å². The number of urea groups is 1. The van der Waals surface area contributed by atoms with Gasteiger partial charge in [-0.3, -0.25) is 0 Å². The zero-order valence-corrected chi connectivity index (χ0v) is 12.0. The number of carboxylic acid groups (broad SMARTS) is 1. The first-order valence-corrected chi connectivity index (χ1v) is 6.49. The average Bonchev–Trinajstić information content (AvgIpc) is 2.37. The Bertz CT molecular complexity index is 465. The lowest BCUT2D eigenvalue weighted by atomic mass is 10.2. The normalized spacial score (nSPS) is 10.0. The molecular weight excluding hydrogens is 316 g/mol. The highest BCUT2D eigenvalue weighted by Gasteiger charge is 2.08. The maximum atomic E-state index is 11.5. The quantitative estimate of drug-likeness (QED) is 0.698. The van der Waals surface area contributed by atoms with Crippen LogP contribution in [0.1, 0.15) is 17.3 Å². The second kappa shape index (κ2) is 7.75. The van der Waals surface area contributed by atoms with E-state index in [2.05, 4.69) is 26.6 Å². The minimum absolute atomic E-state index is 0.147. The van der Waals surface area contributed by atoms with E-state index in [9.17, 15) is 9.59 Å². The molecule has 0 bridgehead atoms. The van der Waals surface area contributed by atoms with Gasteiger partial charge in [-0.15, -0.1) is 0 Å². The van der Waals surface area contributed by atoms with E-state index in [1.807, 2.05) is 6.92 Å². The number of anilines is 1. The molecular formula is C12H15BrN2O4. The monoisotopic (exact) mass is 330 g/mol. The number of aromatic carboxylic acids is 1. The van der Waals surface area contributed by atoms with E-state index in [1.54, 1.807) is 0 Å². The third-order valence-corrected chi connectivity index (χ3v) is 2.86. The Morgan fingerprint density at radius 1 is 1.42 bits per heavy atom. The second-order valence-corrected chi connectivity index (χ2v) is 4.43. The number of rotatable bonds is 6. The minimum Gasteiger partial charge on any atom is -0.478 e. The van der Waals surface area contributed by atoms with E-state index < -0.39 is 5.97 Å². The molecule has 1 aromatic rings. The summed E-state index contributed by atoms with van der Waals surface area (Å²) in [6.07, 6.45) is 0. The number of amides is 2. The summed E-state index contributed by atoms with van der Waals surface area (Å²) < 4.78 is 5.59. The van der Waals surface area contributed by atoms with Gasteiger partial charge < -0.3 is 20.5 Å². The van der Waals surface area contributed by atoms with Crippen molar-refractivity contribution in [1.82, 2.24) is 5.32 Å². The van der Waals surface area contributed by atoms with Gasteiger partial charge >= 0.3 is 12.0 Å². The van der Waals surface area contributed by atoms with Crippen LogP contribution in [0.2, 0.25) is 0 Å². The van der Waals surface area contributed by atoms with Crippen molar-refractivity contribution < 1.29 is 19.4 Å². The van der Waals surface area contributed by atoms with Crippen LogP contribution in [0.4, 0.5) is 10.5 Å². The van der Waals surface area contributed by atoms with Crippen molar-refractivity contribution in [1.29, 1.82) is 0 Å². The zero-order valence-electron chi connectivity index (χ0n) is 10.4. The van der Waals surface area contributed by atoms with Crippen molar-refractivity contribution in [2.75, 3.05) is 25.1 Å². The molecule has 0 saturated carbocycles. The van der Waals surface area contributed by atoms with E-state index in [1.165, 1.54) is 18.2 Å². The van der Waals surface area contributed by atoms with Crippen LogP contribution in [0.15, 0.2) is 22.7 Å². The summed E-state index contributed by atoms with van der Waals surface area (Å²) in [5, 5.41) is 14.0. The summed E-state index contributed by atoms with van der Waals surface area (Å²) in [7, 11) is 0. The molecule has 3 N–H and O–H groups in total. The number of halogens is 1. The largest absolute Gasteiger partial charge is 0.478 e. The first kappa shape index (κ1) is 15.5. The van der Waals surface area contributed by atoms with Gasteiger partial charge in [0, 0.05) is 17.6 Å². The molecule has 0 radical (unpaired) electrons. The maximum Gasteiger partial charge on any atom is 0.335 e. The predicted octanol–water partition coefficient (Wildman–Crippen LogP) is 2.31. The summed E-state index contributed by atoms with van der Waals surface area (Å²) in [6, 6.07) is 4.00. The molecule has 0 saturated heterocycles. The molecule has 1 aromatic carbocycles. The van der Waals surface area contributed by atoms with Crippen molar-refractivity contribution in [2.24, 2.45) is 0 Å². The molecule has 1 rings (SSSR count). The summed E-state index contributed by atoms with van der Waals surface area (Å²) in [5.41, 5.74) is 0.646. The highest BCUT2D eigenvalue weighted by atomic mass is 79.9. The van der Waals surface area contributed by atoms with Gasteiger partial charge in [-0.1, -0.05) is 0 Å². The number of carbonyl (C=O) groups excluding carboxylic acids is 1. The zero-order chi connectivity index (χ0) is 14.3. The van der Waals surface area contributed by atoms with Crippen molar-refractivity contribution in [3.8, 4) is 0 Å². The molecule has 0 unspecified atom stereocenters. The summed E-state index contributed by atoms with van der Waals surface area (Å²) in [6.45, 7) is 3.33. The number of benzene rings is 1. The van der Waals surface area contributed by atoms with Crippen molar-refractivity contribution in [3.05, 3.63) is 28.2 Å². The number of nitrogens with one attached hydrogen (secondary N) is 2. The molecule has 6 nitrogen and oxygen atoms in total. The second-order valence-electron chi connectivity index (χ2n) is 3.58. The lowest BCUT2D eigenvalue weighted by Crippen LogP contribution is -2.31. The van der Waals surface area contributed by atoms with Crippen LogP contribution in [-0.4, -0.2) is 36.9 Å². The van der Waals surface area contributed by atoms with Crippen LogP contribution in [0.3, 0.4) is 0 Å². The van der Waals surface area contributed by atoms with Gasteiger partial charge in [-0.25, -0.2) is 9.59 Å². The predicted molar refractivity (Wildman–Crippen MR) is 74.6 cm³/mol. The molecule has 0 aliphatic heterocycles. The third-order valence-electron chi connectivity index (χ3n) is 2.20.